The lowest BCUT2D eigenvalue weighted by Gasteiger charge is -2.11. The van der Waals surface area contributed by atoms with E-state index in [0.29, 0.717) is 42.4 Å². The molecule has 6 heteroatoms. The zero-order chi connectivity index (χ0) is 14.5. The Morgan fingerprint density at radius 1 is 1.30 bits per heavy atom. The fourth-order valence-electron chi connectivity index (χ4n) is 1.92. The Morgan fingerprint density at radius 3 is 2.70 bits per heavy atom. The Hall–Kier alpha value is -2.24. The van der Waals surface area contributed by atoms with Crippen molar-refractivity contribution in [2.45, 2.75) is 31.7 Å². The number of nitrogens with one attached hydrogen (secondary N) is 2. The number of carbonyl (C=O) groups is 2. The number of benzene rings is 1. The summed E-state index contributed by atoms with van der Waals surface area (Å²) in [5.74, 6) is -0.420. The molecule has 0 atom stereocenters. The molecule has 0 aliphatic heterocycles. The van der Waals surface area contributed by atoms with E-state index in [4.69, 9.17) is 11.5 Å². The zero-order valence-electron chi connectivity index (χ0n) is 11.3. The molecular weight excluding hydrogens is 256 g/mol. The van der Waals surface area contributed by atoms with Gasteiger partial charge in [-0.15, -0.1) is 0 Å². The van der Waals surface area contributed by atoms with Crippen LogP contribution in [0.25, 0.3) is 0 Å². The van der Waals surface area contributed by atoms with E-state index in [-0.39, 0.29) is 5.91 Å². The maximum atomic E-state index is 11.5. The quantitative estimate of drug-likeness (QED) is 0.437. The minimum atomic E-state index is -0.501. The number of hydrogen-bond acceptors (Lipinski definition) is 4. The molecule has 1 aliphatic rings. The Morgan fingerprint density at radius 2 is 2.05 bits per heavy atom. The van der Waals surface area contributed by atoms with Crippen LogP contribution in [0.4, 0.5) is 11.4 Å². The first kappa shape index (κ1) is 14.2. The van der Waals surface area contributed by atoms with Gasteiger partial charge in [0.25, 0.3) is 5.91 Å². The van der Waals surface area contributed by atoms with Gasteiger partial charge in [0.2, 0.25) is 5.91 Å². The van der Waals surface area contributed by atoms with Crippen molar-refractivity contribution in [1.29, 1.82) is 0 Å². The lowest BCUT2D eigenvalue weighted by atomic mass is 10.1. The Bertz CT molecular complexity index is 512. The van der Waals surface area contributed by atoms with Crippen LogP contribution in [0.15, 0.2) is 18.2 Å². The van der Waals surface area contributed by atoms with Gasteiger partial charge in [-0.1, -0.05) is 0 Å². The van der Waals surface area contributed by atoms with Crippen molar-refractivity contribution >= 4 is 23.2 Å². The number of amides is 2. The second kappa shape index (κ2) is 6.27. The predicted octanol–water partition coefficient (Wildman–Crippen LogP) is 0.838. The first-order chi connectivity index (χ1) is 9.56. The average molecular weight is 276 g/mol. The third-order valence-corrected chi connectivity index (χ3v) is 3.15. The molecule has 0 heterocycles. The van der Waals surface area contributed by atoms with Gasteiger partial charge in [-0.25, -0.2) is 0 Å². The van der Waals surface area contributed by atoms with E-state index in [9.17, 15) is 9.59 Å². The number of nitrogens with two attached hydrogens (primary N) is 2. The summed E-state index contributed by atoms with van der Waals surface area (Å²) in [5, 5.41) is 6.03. The Labute approximate surface area is 117 Å². The molecule has 0 unspecified atom stereocenters. The van der Waals surface area contributed by atoms with Crippen LogP contribution in [0, 0.1) is 0 Å². The van der Waals surface area contributed by atoms with E-state index in [1.54, 1.807) is 18.2 Å². The molecule has 20 heavy (non-hydrogen) atoms. The fraction of sp³-hybridized carbons (Fsp3) is 0.429. The minimum absolute atomic E-state index is 0.0806. The number of hydrogen-bond donors (Lipinski definition) is 4. The van der Waals surface area contributed by atoms with Crippen LogP contribution >= 0.6 is 0 Å². The Balaban J connectivity index is 1.79. The molecule has 2 rings (SSSR count). The molecule has 6 N–H and O–H groups in total. The van der Waals surface area contributed by atoms with Crippen molar-refractivity contribution in [2.24, 2.45) is 5.73 Å². The van der Waals surface area contributed by atoms with Crippen LogP contribution in [-0.2, 0) is 4.79 Å². The van der Waals surface area contributed by atoms with E-state index in [1.165, 1.54) is 0 Å². The SMILES string of the molecule is NC(=O)c1ccc(N)cc1NCCCC(=O)NC1CC1. The van der Waals surface area contributed by atoms with Gasteiger partial charge in [-0.05, 0) is 37.5 Å². The number of nitrogen functional groups attached to an aromatic ring is 1. The maximum Gasteiger partial charge on any atom is 0.250 e. The molecule has 1 aromatic carbocycles. The van der Waals surface area contributed by atoms with E-state index in [0.717, 1.165) is 12.8 Å². The predicted molar refractivity (Wildman–Crippen MR) is 78.3 cm³/mol. The number of carbonyl (C=O) groups excluding carboxylic acids is 2. The second-order valence-corrected chi connectivity index (χ2v) is 5.04. The first-order valence-electron chi connectivity index (χ1n) is 6.79. The van der Waals surface area contributed by atoms with Crippen molar-refractivity contribution in [3.63, 3.8) is 0 Å². The third-order valence-electron chi connectivity index (χ3n) is 3.15. The van der Waals surface area contributed by atoms with Crippen molar-refractivity contribution in [3.05, 3.63) is 23.8 Å². The summed E-state index contributed by atoms with van der Waals surface area (Å²) >= 11 is 0. The Kier molecular flexibility index (Phi) is 4.45. The molecule has 2 amide bonds. The van der Waals surface area contributed by atoms with Crippen LogP contribution in [0.5, 0.6) is 0 Å². The molecule has 1 fully saturated rings. The third kappa shape index (κ3) is 4.15. The normalized spacial score (nSPS) is 13.8. The van der Waals surface area contributed by atoms with E-state index < -0.39 is 5.91 Å². The summed E-state index contributed by atoms with van der Waals surface area (Å²) in [6.45, 7) is 0.585. The molecule has 0 bridgehead atoms. The monoisotopic (exact) mass is 276 g/mol. The number of rotatable bonds is 7. The van der Waals surface area contributed by atoms with E-state index in [1.807, 2.05) is 0 Å². The molecule has 1 aliphatic carbocycles. The largest absolute Gasteiger partial charge is 0.399 e. The highest BCUT2D eigenvalue weighted by Gasteiger charge is 2.22. The van der Waals surface area contributed by atoms with Gasteiger partial charge in [-0.2, -0.15) is 0 Å². The summed E-state index contributed by atoms with van der Waals surface area (Å²) < 4.78 is 0. The van der Waals surface area contributed by atoms with Crippen LogP contribution in [0.3, 0.4) is 0 Å². The molecule has 0 radical (unpaired) electrons. The zero-order valence-corrected chi connectivity index (χ0v) is 11.3. The van der Waals surface area contributed by atoms with Gasteiger partial charge in [0.1, 0.15) is 0 Å². The second-order valence-electron chi connectivity index (χ2n) is 5.04. The summed E-state index contributed by atoms with van der Waals surface area (Å²) in [7, 11) is 0. The van der Waals surface area contributed by atoms with Gasteiger partial charge in [-0.3, -0.25) is 9.59 Å². The molecule has 108 valence electrons. The molecule has 0 saturated heterocycles. The fourth-order valence-corrected chi connectivity index (χ4v) is 1.92. The van der Waals surface area contributed by atoms with Crippen molar-refractivity contribution in [3.8, 4) is 0 Å². The topological polar surface area (TPSA) is 110 Å². The van der Waals surface area contributed by atoms with Crippen molar-refractivity contribution in [2.75, 3.05) is 17.6 Å². The molecule has 0 aromatic heterocycles. The van der Waals surface area contributed by atoms with Crippen LogP contribution in [0.1, 0.15) is 36.0 Å². The highest BCUT2D eigenvalue weighted by atomic mass is 16.2. The average Bonchev–Trinajstić information content (AvgIpc) is 3.18. The first-order valence-corrected chi connectivity index (χ1v) is 6.79. The van der Waals surface area contributed by atoms with Crippen LogP contribution in [0.2, 0.25) is 0 Å². The van der Waals surface area contributed by atoms with Crippen LogP contribution in [-0.4, -0.2) is 24.4 Å². The van der Waals surface area contributed by atoms with E-state index in [2.05, 4.69) is 10.6 Å². The van der Waals surface area contributed by atoms with Crippen molar-refractivity contribution < 1.29 is 9.59 Å². The highest BCUT2D eigenvalue weighted by Crippen LogP contribution is 2.20. The number of anilines is 2. The smallest absolute Gasteiger partial charge is 0.250 e. The van der Waals surface area contributed by atoms with Crippen LogP contribution < -0.4 is 22.1 Å². The minimum Gasteiger partial charge on any atom is -0.399 e. The maximum absolute atomic E-state index is 11.5. The molecule has 1 saturated carbocycles. The summed E-state index contributed by atoms with van der Waals surface area (Å²) in [5.41, 5.74) is 12.6. The van der Waals surface area contributed by atoms with Gasteiger partial charge in [0.15, 0.2) is 0 Å². The lowest BCUT2D eigenvalue weighted by molar-refractivity contribution is -0.121. The van der Waals surface area contributed by atoms with Crippen molar-refractivity contribution in [1.82, 2.24) is 5.32 Å². The molecular formula is C14H20N4O2. The number of primary amides is 1. The summed E-state index contributed by atoms with van der Waals surface area (Å²) in [6.07, 6.45) is 3.34. The summed E-state index contributed by atoms with van der Waals surface area (Å²) in [4.78, 5) is 22.8. The lowest BCUT2D eigenvalue weighted by Crippen LogP contribution is -2.25. The molecule has 0 spiro atoms. The van der Waals surface area contributed by atoms with Gasteiger partial charge < -0.3 is 22.1 Å². The van der Waals surface area contributed by atoms with Gasteiger partial charge in [0.05, 0.1) is 5.56 Å². The summed E-state index contributed by atoms with van der Waals surface area (Å²) in [6, 6.07) is 5.30. The van der Waals surface area contributed by atoms with Gasteiger partial charge in [0, 0.05) is 30.4 Å². The van der Waals surface area contributed by atoms with E-state index >= 15 is 0 Å². The molecule has 6 nitrogen and oxygen atoms in total. The molecule has 1 aromatic rings. The van der Waals surface area contributed by atoms with Gasteiger partial charge >= 0.3 is 0 Å². The highest BCUT2D eigenvalue weighted by molar-refractivity contribution is 5.99. The standard InChI is InChI=1S/C14H20N4O2/c15-9-3-6-11(14(16)20)12(8-9)17-7-1-2-13(19)18-10-4-5-10/h3,6,8,10,17H,1-2,4-5,7,15H2,(H2,16,20)(H,18,19).